The van der Waals surface area contributed by atoms with Crippen molar-refractivity contribution in [2.24, 2.45) is 0 Å². The SMILES string of the molecule is CCOC(=O)CC#Cc1ccnc(C(=O)OC)c1. The van der Waals surface area contributed by atoms with Gasteiger partial charge in [-0.25, -0.2) is 9.78 Å². The Balaban J connectivity index is 2.71. The lowest BCUT2D eigenvalue weighted by atomic mass is 10.2. The van der Waals surface area contributed by atoms with Gasteiger partial charge in [0.05, 0.1) is 13.7 Å². The Bertz CT molecular complexity index is 499. The number of hydrogen-bond donors (Lipinski definition) is 0. The average molecular weight is 247 g/mol. The van der Waals surface area contributed by atoms with Gasteiger partial charge in [-0.15, -0.1) is 0 Å². The van der Waals surface area contributed by atoms with Crippen LogP contribution < -0.4 is 0 Å². The summed E-state index contributed by atoms with van der Waals surface area (Å²) in [6, 6.07) is 3.15. The number of esters is 2. The molecule has 18 heavy (non-hydrogen) atoms. The highest BCUT2D eigenvalue weighted by Gasteiger charge is 2.06. The van der Waals surface area contributed by atoms with Crippen LogP contribution >= 0.6 is 0 Å². The van der Waals surface area contributed by atoms with E-state index >= 15 is 0 Å². The van der Waals surface area contributed by atoms with E-state index in [-0.39, 0.29) is 18.1 Å². The second-order valence-corrected chi connectivity index (χ2v) is 3.20. The molecule has 0 unspecified atom stereocenters. The molecule has 0 amide bonds. The molecule has 0 radical (unpaired) electrons. The normalized spacial score (nSPS) is 9.00. The fraction of sp³-hybridized carbons (Fsp3) is 0.308. The number of nitrogens with zero attached hydrogens (tertiary/aromatic N) is 1. The van der Waals surface area contributed by atoms with E-state index in [1.54, 1.807) is 13.0 Å². The van der Waals surface area contributed by atoms with Crippen LogP contribution in [0.3, 0.4) is 0 Å². The number of ether oxygens (including phenoxy) is 2. The summed E-state index contributed by atoms with van der Waals surface area (Å²) in [7, 11) is 1.28. The molecule has 5 heteroatoms. The van der Waals surface area contributed by atoms with Crippen LogP contribution in [0.2, 0.25) is 0 Å². The molecule has 5 nitrogen and oxygen atoms in total. The Morgan fingerprint density at radius 1 is 1.44 bits per heavy atom. The van der Waals surface area contributed by atoms with E-state index in [0.717, 1.165) is 0 Å². The molecule has 0 aliphatic rings. The lowest BCUT2D eigenvalue weighted by molar-refractivity contribution is -0.141. The number of aromatic nitrogens is 1. The summed E-state index contributed by atoms with van der Waals surface area (Å²) < 4.78 is 9.27. The van der Waals surface area contributed by atoms with Crippen molar-refractivity contribution in [1.29, 1.82) is 0 Å². The van der Waals surface area contributed by atoms with Crippen LogP contribution in [0.5, 0.6) is 0 Å². The monoisotopic (exact) mass is 247 g/mol. The summed E-state index contributed by atoms with van der Waals surface area (Å²) in [6.07, 6.45) is 1.48. The molecule has 0 spiro atoms. The second-order valence-electron chi connectivity index (χ2n) is 3.20. The van der Waals surface area contributed by atoms with Gasteiger partial charge in [0, 0.05) is 11.8 Å². The Hall–Kier alpha value is -2.35. The van der Waals surface area contributed by atoms with Crippen LogP contribution in [0, 0.1) is 11.8 Å². The molecule has 0 saturated carbocycles. The van der Waals surface area contributed by atoms with Gasteiger partial charge in [-0.05, 0) is 19.1 Å². The minimum absolute atomic E-state index is 0.0176. The summed E-state index contributed by atoms with van der Waals surface area (Å²) >= 11 is 0. The van der Waals surface area contributed by atoms with Crippen molar-refractivity contribution in [2.45, 2.75) is 13.3 Å². The number of rotatable bonds is 3. The quantitative estimate of drug-likeness (QED) is 0.592. The van der Waals surface area contributed by atoms with E-state index in [1.165, 1.54) is 19.4 Å². The first-order chi connectivity index (χ1) is 8.67. The number of pyridine rings is 1. The maximum Gasteiger partial charge on any atom is 0.356 e. The molecule has 0 fully saturated rings. The maximum atomic E-state index is 11.2. The van der Waals surface area contributed by atoms with Crippen LogP contribution in [-0.4, -0.2) is 30.6 Å². The van der Waals surface area contributed by atoms with Gasteiger partial charge in [0.15, 0.2) is 0 Å². The van der Waals surface area contributed by atoms with Crippen LogP contribution in [-0.2, 0) is 14.3 Å². The number of carbonyl (C=O) groups excluding carboxylic acids is 2. The van der Waals surface area contributed by atoms with E-state index in [9.17, 15) is 9.59 Å². The number of carbonyl (C=O) groups is 2. The van der Waals surface area contributed by atoms with E-state index in [2.05, 4.69) is 21.6 Å². The molecule has 1 aromatic heterocycles. The van der Waals surface area contributed by atoms with Gasteiger partial charge in [0.25, 0.3) is 0 Å². The van der Waals surface area contributed by atoms with Gasteiger partial charge >= 0.3 is 11.9 Å². The maximum absolute atomic E-state index is 11.2. The molecule has 0 bridgehead atoms. The first-order valence-electron chi connectivity index (χ1n) is 5.36. The van der Waals surface area contributed by atoms with Gasteiger partial charge < -0.3 is 9.47 Å². The third kappa shape index (κ3) is 4.26. The molecule has 94 valence electrons. The summed E-state index contributed by atoms with van der Waals surface area (Å²) in [5, 5.41) is 0. The lowest BCUT2D eigenvalue weighted by Crippen LogP contribution is -2.04. The van der Waals surface area contributed by atoms with Crippen molar-refractivity contribution in [3.63, 3.8) is 0 Å². The fourth-order valence-corrected chi connectivity index (χ4v) is 1.15. The molecular formula is C13H13NO4. The first-order valence-corrected chi connectivity index (χ1v) is 5.36. The highest BCUT2D eigenvalue weighted by molar-refractivity contribution is 5.87. The zero-order valence-electron chi connectivity index (χ0n) is 10.2. The van der Waals surface area contributed by atoms with E-state index in [0.29, 0.717) is 12.2 Å². The third-order valence-electron chi connectivity index (χ3n) is 1.93. The molecular weight excluding hydrogens is 234 g/mol. The molecule has 0 atom stereocenters. The minimum Gasteiger partial charge on any atom is -0.465 e. The third-order valence-corrected chi connectivity index (χ3v) is 1.93. The Morgan fingerprint density at radius 2 is 2.22 bits per heavy atom. The van der Waals surface area contributed by atoms with Crippen LogP contribution in [0.15, 0.2) is 18.3 Å². The van der Waals surface area contributed by atoms with Crippen molar-refractivity contribution in [3.05, 3.63) is 29.6 Å². The Morgan fingerprint density at radius 3 is 2.89 bits per heavy atom. The van der Waals surface area contributed by atoms with Crippen molar-refractivity contribution in [1.82, 2.24) is 4.98 Å². The van der Waals surface area contributed by atoms with Crippen molar-refractivity contribution < 1.29 is 19.1 Å². The lowest BCUT2D eigenvalue weighted by Gasteiger charge is -1.98. The molecule has 1 aromatic rings. The summed E-state index contributed by atoms with van der Waals surface area (Å²) in [5.41, 5.74) is 0.773. The molecule has 1 heterocycles. The molecule has 0 saturated heterocycles. The fourth-order valence-electron chi connectivity index (χ4n) is 1.15. The van der Waals surface area contributed by atoms with E-state index in [4.69, 9.17) is 4.74 Å². The van der Waals surface area contributed by atoms with Gasteiger partial charge in [0.1, 0.15) is 12.1 Å². The highest BCUT2D eigenvalue weighted by atomic mass is 16.5. The Kier molecular flexibility index (Phi) is 5.39. The number of methoxy groups -OCH3 is 1. The van der Waals surface area contributed by atoms with Gasteiger partial charge in [-0.3, -0.25) is 4.79 Å². The number of hydrogen-bond acceptors (Lipinski definition) is 5. The van der Waals surface area contributed by atoms with Crippen molar-refractivity contribution in [2.75, 3.05) is 13.7 Å². The Labute approximate surface area is 105 Å². The minimum atomic E-state index is -0.524. The van der Waals surface area contributed by atoms with Crippen LogP contribution in [0.1, 0.15) is 29.4 Å². The largest absolute Gasteiger partial charge is 0.465 e. The smallest absolute Gasteiger partial charge is 0.356 e. The molecule has 1 rings (SSSR count). The summed E-state index contributed by atoms with van der Waals surface area (Å²) in [6.45, 7) is 2.07. The molecule has 0 aliphatic heterocycles. The van der Waals surface area contributed by atoms with Gasteiger partial charge in [-0.2, -0.15) is 0 Å². The highest BCUT2D eigenvalue weighted by Crippen LogP contribution is 2.01. The van der Waals surface area contributed by atoms with Crippen molar-refractivity contribution in [3.8, 4) is 11.8 Å². The van der Waals surface area contributed by atoms with Gasteiger partial charge in [0.2, 0.25) is 0 Å². The first kappa shape index (κ1) is 13.7. The van der Waals surface area contributed by atoms with E-state index < -0.39 is 5.97 Å². The summed E-state index contributed by atoms with van der Waals surface area (Å²) in [5.74, 6) is 4.53. The van der Waals surface area contributed by atoms with Crippen molar-refractivity contribution >= 4 is 11.9 Å². The topological polar surface area (TPSA) is 65.5 Å². The molecule has 0 aliphatic carbocycles. The predicted molar refractivity (Wildman–Crippen MR) is 63.7 cm³/mol. The molecule has 0 N–H and O–H groups in total. The predicted octanol–water partition coefficient (Wildman–Crippen LogP) is 1.17. The standard InChI is InChI=1S/C13H13NO4/c1-3-18-12(15)6-4-5-10-7-8-14-11(9-10)13(16)17-2/h7-9H,3,6H2,1-2H3. The average Bonchev–Trinajstić information content (AvgIpc) is 2.38. The summed E-state index contributed by atoms with van der Waals surface area (Å²) in [4.78, 5) is 26.1. The van der Waals surface area contributed by atoms with E-state index in [1.807, 2.05) is 0 Å². The van der Waals surface area contributed by atoms with Gasteiger partial charge in [-0.1, -0.05) is 11.8 Å². The van der Waals surface area contributed by atoms with Crippen LogP contribution in [0.4, 0.5) is 0 Å². The molecule has 0 aromatic carbocycles. The zero-order valence-corrected chi connectivity index (χ0v) is 10.2. The zero-order chi connectivity index (χ0) is 13.4. The van der Waals surface area contributed by atoms with Crippen LogP contribution in [0.25, 0.3) is 0 Å². The second kappa shape index (κ2) is 7.07.